The van der Waals surface area contributed by atoms with Crippen molar-refractivity contribution in [2.75, 3.05) is 5.32 Å². The molecule has 0 aliphatic carbocycles. The van der Waals surface area contributed by atoms with Gasteiger partial charge in [-0.2, -0.15) is 0 Å². The number of fused-ring (bicyclic) bond motifs is 1. The molecule has 5 heteroatoms. The molecule has 1 unspecified atom stereocenters. The van der Waals surface area contributed by atoms with E-state index in [0.717, 1.165) is 27.9 Å². The van der Waals surface area contributed by atoms with Gasteiger partial charge >= 0.3 is 0 Å². The summed E-state index contributed by atoms with van der Waals surface area (Å²) in [5, 5.41) is 4.12. The minimum absolute atomic E-state index is 0.00272. The zero-order valence-corrected chi connectivity index (χ0v) is 14.3. The predicted molar refractivity (Wildman–Crippen MR) is 90.7 cm³/mol. The first-order chi connectivity index (χ1) is 9.94. The topological polar surface area (TPSA) is 29.1 Å². The van der Waals surface area contributed by atoms with E-state index in [1.54, 1.807) is 0 Å². The zero-order chi connectivity index (χ0) is 15.1. The maximum absolute atomic E-state index is 11.5. The van der Waals surface area contributed by atoms with Crippen molar-refractivity contribution in [2.45, 2.75) is 18.2 Å². The highest BCUT2D eigenvalue weighted by molar-refractivity contribution is 9.09. The molecule has 0 bridgehead atoms. The monoisotopic (exact) mass is 383 g/mol. The van der Waals surface area contributed by atoms with Crippen LogP contribution in [0.3, 0.4) is 0 Å². The maximum Gasteiger partial charge on any atom is 0.228 e. The van der Waals surface area contributed by atoms with Crippen molar-refractivity contribution in [1.29, 1.82) is 0 Å². The molecule has 2 aromatic carbocycles. The van der Waals surface area contributed by atoms with Crippen molar-refractivity contribution >= 4 is 50.7 Å². The molecule has 0 fully saturated rings. The van der Waals surface area contributed by atoms with E-state index in [4.69, 9.17) is 23.2 Å². The molecule has 0 radical (unpaired) electrons. The van der Waals surface area contributed by atoms with Crippen LogP contribution in [0.25, 0.3) is 0 Å². The highest BCUT2D eigenvalue weighted by atomic mass is 79.9. The van der Waals surface area contributed by atoms with Crippen LogP contribution in [0.5, 0.6) is 0 Å². The highest BCUT2D eigenvalue weighted by Crippen LogP contribution is 2.40. The number of aryl methyl sites for hydroxylation is 1. The fraction of sp³-hybridized carbons (Fsp3) is 0.188. The Bertz CT molecular complexity index is 725. The number of carbonyl (C=O) groups is 1. The molecular formula is C16H12BrCl2NO. The molecular weight excluding hydrogens is 373 g/mol. The van der Waals surface area contributed by atoms with E-state index < -0.39 is 0 Å². The Hall–Kier alpha value is -1.03. The van der Waals surface area contributed by atoms with Gasteiger partial charge in [0.25, 0.3) is 0 Å². The van der Waals surface area contributed by atoms with Gasteiger partial charge in [0, 0.05) is 15.7 Å². The third kappa shape index (κ3) is 2.96. The summed E-state index contributed by atoms with van der Waals surface area (Å²) >= 11 is 16.2. The second-order valence-corrected chi connectivity index (χ2v) is 6.94. The van der Waals surface area contributed by atoms with Gasteiger partial charge in [0.2, 0.25) is 5.91 Å². The van der Waals surface area contributed by atoms with Crippen LogP contribution in [0.1, 0.15) is 27.1 Å². The van der Waals surface area contributed by atoms with E-state index in [-0.39, 0.29) is 10.7 Å². The number of carbonyl (C=O) groups excluding carboxylic acids is 1. The Kier molecular flexibility index (Phi) is 4.00. The number of halogens is 3. The molecule has 108 valence electrons. The van der Waals surface area contributed by atoms with Crippen LogP contribution in [0, 0.1) is 6.92 Å². The Morgan fingerprint density at radius 1 is 1.19 bits per heavy atom. The summed E-state index contributed by atoms with van der Waals surface area (Å²) in [4.78, 5) is 11.4. The largest absolute Gasteiger partial charge is 0.325 e. The molecule has 1 amide bonds. The lowest BCUT2D eigenvalue weighted by atomic mass is 10.00. The number of anilines is 1. The lowest BCUT2D eigenvalue weighted by Gasteiger charge is -2.15. The van der Waals surface area contributed by atoms with E-state index in [1.807, 2.05) is 31.2 Å². The summed E-state index contributed by atoms with van der Waals surface area (Å²) in [6, 6.07) is 9.69. The number of rotatable bonds is 2. The first kappa shape index (κ1) is 14.9. The second-order valence-electron chi connectivity index (χ2n) is 5.18. The van der Waals surface area contributed by atoms with Crippen molar-refractivity contribution in [3.8, 4) is 0 Å². The van der Waals surface area contributed by atoms with Crippen LogP contribution in [-0.4, -0.2) is 5.91 Å². The normalized spacial score (nSPS) is 14.8. The highest BCUT2D eigenvalue weighted by Gasteiger charge is 2.22. The van der Waals surface area contributed by atoms with Gasteiger partial charge in [0.05, 0.1) is 11.2 Å². The Balaban J connectivity index is 2.04. The van der Waals surface area contributed by atoms with Crippen LogP contribution in [0.4, 0.5) is 5.69 Å². The minimum Gasteiger partial charge on any atom is -0.325 e. The van der Waals surface area contributed by atoms with E-state index in [9.17, 15) is 4.79 Å². The molecule has 1 atom stereocenters. The van der Waals surface area contributed by atoms with Crippen molar-refractivity contribution in [3.63, 3.8) is 0 Å². The molecule has 1 aliphatic rings. The van der Waals surface area contributed by atoms with Crippen LogP contribution < -0.4 is 5.32 Å². The lowest BCUT2D eigenvalue weighted by Crippen LogP contribution is -2.03. The Labute approximate surface area is 141 Å². The van der Waals surface area contributed by atoms with Gasteiger partial charge in [-0.15, -0.1) is 0 Å². The van der Waals surface area contributed by atoms with Crippen molar-refractivity contribution in [2.24, 2.45) is 0 Å². The third-order valence-electron chi connectivity index (χ3n) is 3.48. The maximum atomic E-state index is 11.5. The van der Waals surface area contributed by atoms with Gasteiger partial charge in [-0.3, -0.25) is 4.79 Å². The third-order valence-corrected chi connectivity index (χ3v) is 5.05. The molecule has 0 spiro atoms. The SMILES string of the molecule is Cc1cc(Cl)cc(C(Br)c2cc3c(cc2Cl)NC(=O)C3)c1. The van der Waals surface area contributed by atoms with Crippen LogP contribution in [0.2, 0.25) is 10.0 Å². The van der Waals surface area contributed by atoms with Gasteiger partial charge in [0.15, 0.2) is 0 Å². The summed E-state index contributed by atoms with van der Waals surface area (Å²) in [5.74, 6) is 0.00272. The first-order valence-corrected chi connectivity index (χ1v) is 8.14. The van der Waals surface area contributed by atoms with Crippen LogP contribution >= 0.6 is 39.1 Å². The Morgan fingerprint density at radius 2 is 1.95 bits per heavy atom. The molecule has 1 heterocycles. The van der Waals surface area contributed by atoms with E-state index in [2.05, 4.69) is 27.3 Å². The molecule has 0 saturated heterocycles. The summed E-state index contributed by atoms with van der Waals surface area (Å²) in [6.07, 6.45) is 0.397. The van der Waals surface area contributed by atoms with E-state index in [1.165, 1.54) is 0 Å². The van der Waals surface area contributed by atoms with Gasteiger partial charge in [0.1, 0.15) is 0 Å². The average Bonchev–Trinajstić information content (AvgIpc) is 2.75. The number of hydrogen-bond donors (Lipinski definition) is 1. The number of benzene rings is 2. The minimum atomic E-state index is -0.0663. The average molecular weight is 385 g/mol. The Morgan fingerprint density at radius 3 is 2.67 bits per heavy atom. The van der Waals surface area contributed by atoms with Gasteiger partial charge in [-0.25, -0.2) is 0 Å². The molecule has 2 nitrogen and oxygen atoms in total. The molecule has 1 aliphatic heterocycles. The first-order valence-electron chi connectivity index (χ1n) is 6.47. The number of hydrogen-bond acceptors (Lipinski definition) is 1. The number of amides is 1. The van der Waals surface area contributed by atoms with Gasteiger partial charge in [-0.05, 0) is 47.4 Å². The van der Waals surface area contributed by atoms with Gasteiger partial charge < -0.3 is 5.32 Å². The molecule has 0 aromatic heterocycles. The summed E-state index contributed by atoms with van der Waals surface area (Å²) < 4.78 is 0. The fourth-order valence-electron chi connectivity index (χ4n) is 2.55. The fourth-order valence-corrected chi connectivity index (χ4v) is 3.90. The summed E-state index contributed by atoms with van der Waals surface area (Å²) in [5.41, 5.74) is 4.85. The zero-order valence-electron chi connectivity index (χ0n) is 11.2. The molecule has 0 saturated carbocycles. The van der Waals surface area contributed by atoms with E-state index >= 15 is 0 Å². The van der Waals surface area contributed by atoms with E-state index in [0.29, 0.717) is 16.5 Å². The smallest absolute Gasteiger partial charge is 0.228 e. The standard InChI is InChI=1S/C16H12BrCl2NO/c1-8-2-10(4-11(18)3-8)16(17)12-5-9-6-15(21)20-14(9)7-13(12)19/h2-5,7,16H,6H2,1H3,(H,20,21). The predicted octanol–water partition coefficient (Wildman–Crippen LogP) is 5.28. The summed E-state index contributed by atoms with van der Waals surface area (Å²) in [7, 11) is 0. The number of nitrogens with one attached hydrogen (secondary N) is 1. The second kappa shape index (κ2) is 5.64. The number of alkyl halides is 1. The lowest BCUT2D eigenvalue weighted by molar-refractivity contribution is -0.115. The summed E-state index contributed by atoms with van der Waals surface area (Å²) in [6.45, 7) is 2.00. The van der Waals surface area contributed by atoms with Crippen molar-refractivity contribution in [3.05, 3.63) is 62.6 Å². The van der Waals surface area contributed by atoms with Gasteiger partial charge in [-0.1, -0.05) is 51.3 Å². The molecule has 2 aromatic rings. The quantitative estimate of drug-likeness (QED) is 0.701. The van der Waals surface area contributed by atoms with Crippen molar-refractivity contribution in [1.82, 2.24) is 0 Å². The van der Waals surface area contributed by atoms with Crippen LogP contribution in [-0.2, 0) is 11.2 Å². The van der Waals surface area contributed by atoms with Crippen LogP contribution in [0.15, 0.2) is 30.3 Å². The molecule has 3 rings (SSSR count). The molecule has 21 heavy (non-hydrogen) atoms. The molecule has 1 N–H and O–H groups in total. The van der Waals surface area contributed by atoms with Crippen molar-refractivity contribution < 1.29 is 4.79 Å².